The summed E-state index contributed by atoms with van der Waals surface area (Å²) >= 11 is 0. The number of benzene rings is 1. The first-order chi connectivity index (χ1) is 10.5. The smallest absolute Gasteiger partial charge is 0.354 e. The van der Waals surface area contributed by atoms with Crippen LogP contribution in [-0.2, 0) is 6.18 Å². The van der Waals surface area contributed by atoms with Gasteiger partial charge in [-0.25, -0.2) is 4.98 Å². The van der Waals surface area contributed by atoms with Gasteiger partial charge in [0.2, 0.25) is 0 Å². The van der Waals surface area contributed by atoms with Gasteiger partial charge < -0.3 is 10.2 Å². The fourth-order valence-electron chi connectivity index (χ4n) is 2.49. The molecule has 22 heavy (non-hydrogen) atoms. The van der Waals surface area contributed by atoms with Crippen LogP contribution in [0.1, 0.15) is 5.56 Å². The van der Waals surface area contributed by atoms with Crippen molar-refractivity contribution in [2.75, 3.05) is 31.1 Å². The highest BCUT2D eigenvalue weighted by Crippen LogP contribution is 2.31. The van der Waals surface area contributed by atoms with E-state index in [1.165, 1.54) is 12.1 Å². The van der Waals surface area contributed by atoms with Crippen LogP contribution >= 0.6 is 0 Å². The van der Waals surface area contributed by atoms with Crippen molar-refractivity contribution in [3.8, 4) is 11.1 Å². The van der Waals surface area contributed by atoms with Gasteiger partial charge in [-0.1, -0.05) is 12.1 Å². The fourth-order valence-corrected chi connectivity index (χ4v) is 2.49. The Morgan fingerprint density at radius 2 is 1.55 bits per heavy atom. The molecule has 1 N–H and O–H groups in total. The minimum Gasteiger partial charge on any atom is -0.354 e. The monoisotopic (exact) mass is 307 g/mol. The molecule has 1 fully saturated rings. The first kappa shape index (κ1) is 14.8. The number of piperazine rings is 1. The van der Waals surface area contributed by atoms with Gasteiger partial charge >= 0.3 is 6.18 Å². The van der Waals surface area contributed by atoms with Crippen LogP contribution in [0.15, 0.2) is 42.6 Å². The Kier molecular flexibility index (Phi) is 4.02. The summed E-state index contributed by atoms with van der Waals surface area (Å²) in [5.74, 6) is 0.900. The molecule has 2 aromatic rings. The number of hydrogen-bond donors (Lipinski definition) is 1. The van der Waals surface area contributed by atoms with E-state index in [0.717, 1.165) is 55.3 Å². The maximum Gasteiger partial charge on any atom is 0.416 e. The van der Waals surface area contributed by atoms with Gasteiger partial charge in [-0.3, -0.25) is 0 Å². The van der Waals surface area contributed by atoms with Crippen LogP contribution in [0.2, 0.25) is 0 Å². The standard InChI is InChI=1S/C16H16F3N3/c17-16(18,19)14-4-1-12(2-5-14)13-3-6-15(21-11-13)22-9-7-20-8-10-22/h1-6,11,20H,7-10H2. The van der Waals surface area contributed by atoms with Gasteiger partial charge in [0, 0.05) is 37.9 Å². The number of pyridine rings is 1. The van der Waals surface area contributed by atoms with Crippen LogP contribution in [0.25, 0.3) is 11.1 Å². The van der Waals surface area contributed by atoms with E-state index < -0.39 is 11.7 Å². The van der Waals surface area contributed by atoms with Crippen molar-refractivity contribution < 1.29 is 13.2 Å². The molecular weight excluding hydrogens is 291 g/mol. The van der Waals surface area contributed by atoms with Crippen molar-refractivity contribution in [2.24, 2.45) is 0 Å². The molecule has 3 rings (SSSR count). The number of nitrogens with one attached hydrogen (secondary N) is 1. The normalized spacial score (nSPS) is 15.9. The van der Waals surface area contributed by atoms with Gasteiger partial charge in [-0.15, -0.1) is 0 Å². The Labute approximate surface area is 126 Å². The third-order valence-electron chi connectivity index (χ3n) is 3.73. The molecule has 0 bridgehead atoms. The third-order valence-corrected chi connectivity index (χ3v) is 3.73. The van der Waals surface area contributed by atoms with E-state index in [2.05, 4.69) is 15.2 Å². The molecule has 116 valence electrons. The van der Waals surface area contributed by atoms with Gasteiger partial charge in [-0.05, 0) is 29.8 Å². The molecule has 1 aromatic heterocycles. The quantitative estimate of drug-likeness (QED) is 0.923. The van der Waals surface area contributed by atoms with Gasteiger partial charge in [0.05, 0.1) is 5.56 Å². The minimum atomic E-state index is -4.30. The molecule has 0 atom stereocenters. The Morgan fingerprint density at radius 1 is 0.909 bits per heavy atom. The lowest BCUT2D eigenvalue weighted by molar-refractivity contribution is -0.137. The molecule has 0 radical (unpaired) electrons. The van der Waals surface area contributed by atoms with Crippen molar-refractivity contribution in [3.63, 3.8) is 0 Å². The summed E-state index contributed by atoms with van der Waals surface area (Å²) in [7, 11) is 0. The van der Waals surface area contributed by atoms with Gasteiger partial charge in [0.25, 0.3) is 0 Å². The Morgan fingerprint density at radius 3 is 2.09 bits per heavy atom. The van der Waals surface area contributed by atoms with Crippen molar-refractivity contribution in [1.82, 2.24) is 10.3 Å². The Bertz CT molecular complexity index is 615. The molecule has 1 aliphatic rings. The van der Waals surface area contributed by atoms with Crippen LogP contribution in [-0.4, -0.2) is 31.2 Å². The van der Waals surface area contributed by atoms with E-state index in [1.54, 1.807) is 6.20 Å². The number of nitrogens with zero attached hydrogens (tertiary/aromatic N) is 2. The second-order valence-corrected chi connectivity index (χ2v) is 5.22. The van der Waals surface area contributed by atoms with E-state index >= 15 is 0 Å². The summed E-state index contributed by atoms with van der Waals surface area (Å²) < 4.78 is 37.7. The van der Waals surface area contributed by atoms with Gasteiger partial charge in [-0.2, -0.15) is 13.2 Å². The first-order valence-electron chi connectivity index (χ1n) is 7.13. The van der Waals surface area contributed by atoms with E-state index in [-0.39, 0.29) is 0 Å². The average molecular weight is 307 g/mol. The highest BCUT2D eigenvalue weighted by Gasteiger charge is 2.29. The third kappa shape index (κ3) is 3.22. The lowest BCUT2D eigenvalue weighted by Crippen LogP contribution is -2.43. The van der Waals surface area contributed by atoms with Gasteiger partial charge in [0.1, 0.15) is 5.82 Å². The van der Waals surface area contributed by atoms with Crippen molar-refractivity contribution in [3.05, 3.63) is 48.2 Å². The summed E-state index contributed by atoms with van der Waals surface area (Å²) in [6.07, 6.45) is -2.59. The molecule has 1 saturated heterocycles. The number of anilines is 1. The second-order valence-electron chi connectivity index (χ2n) is 5.22. The molecular formula is C16H16F3N3. The second kappa shape index (κ2) is 5.96. The maximum atomic E-state index is 12.6. The molecule has 6 heteroatoms. The predicted octanol–water partition coefficient (Wildman–Crippen LogP) is 3.18. The largest absolute Gasteiger partial charge is 0.416 e. The highest BCUT2D eigenvalue weighted by molar-refractivity contribution is 5.64. The van der Waals surface area contributed by atoms with Crippen molar-refractivity contribution >= 4 is 5.82 Å². The summed E-state index contributed by atoms with van der Waals surface area (Å²) in [5.41, 5.74) is 0.904. The topological polar surface area (TPSA) is 28.2 Å². The lowest BCUT2D eigenvalue weighted by Gasteiger charge is -2.28. The van der Waals surface area contributed by atoms with Crippen LogP contribution in [0.3, 0.4) is 0 Å². The molecule has 0 unspecified atom stereocenters. The molecule has 0 amide bonds. The molecule has 1 aliphatic heterocycles. The lowest BCUT2D eigenvalue weighted by atomic mass is 10.1. The zero-order valence-electron chi connectivity index (χ0n) is 11.9. The van der Waals surface area contributed by atoms with Gasteiger partial charge in [0.15, 0.2) is 0 Å². The summed E-state index contributed by atoms with van der Waals surface area (Å²) in [6.45, 7) is 3.68. The zero-order chi connectivity index (χ0) is 15.6. The molecule has 0 saturated carbocycles. The fraction of sp³-hybridized carbons (Fsp3) is 0.312. The van der Waals surface area contributed by atoms with Crippen LogP contribution in [0, 0.1) is 0 Å². The number of aromatic nitrogens is 1. The van der Waals surface area contributed by atoms with E-state index in [9.17, 15) is 13.2 Å². The first-order valence-corrected chi connectivity index (χ1v) is 7.13. The molecule has 3 nitrogen and oxygen atoms in total. The highest BCUT2D eigenvalue weighted by atomic mass is 19.4. The van der Waals surface area contributed by atoms with Crippen LogP contribution in [0.5, 0.6) is 0 Å². The van der Waals surface area contributed by atoms with E-state index in [0.29, 0.717) is 0 Å². The molecule has 0 aliphatic carbocycles. The minimum absolute atomic E-state index is 0.637. The maximum absolute atomic E-state index is 12.6. The van der Waals surface area contributed by atoms with Crippen molar-refractivity contribution in [2.45, 2.75) is 6.18 Å². The summed E-state index contributed by atoms with van der Waals surface area (Å²) in [6, 6.07) is 8.96. The average Bonchev–Trinajstić information content (AvgIpc) is 2.55. The van der Waals surface area contributed by atoms with E-state index in [1.807, 2.05) is 12.1 Å². The molecule has 0 spiro atoms. The Balaban J connectivity index is 1.77. The number of alkyl halides is 3. The summed E-state index contributed by atoms with van der Waals surface area (Å²) in [4.78, 5) is 6.61. The summed E-state index contributed by atoms with van der Waals surface area (Å²) in [5, 5.41) is 3.28. The Hall–Kier alpha value is -2.08. The number of halogens is 3. The van der Waals surface area contributed by atoms with Crippen LogP contribution < -0.4 is 10.2 Å². The zero-order valence-corrected chi connectivity index (χ0v) is 11.9. The predicted molar refractivity (Wildman–Crippen MR) is 79.8 cm³/mol. The molecule has 1 aromatic carbocycles. The van der Waals surface area contributed by atoms with Crippen molar-refractivity contribution in [1.29, 1.82) is 0 Å². The SMILES string of the molecule is FC(F)(F)c1ccc(-c2ccc(N3CCNCC3)nc2)cc1. The number of rotatable bonds is 2. The molecule has 2 heterocycles. The van der Waals surface area contributed by atoms with E-state index in [4.69, 9.17) is 0 Å². The van der Waals surface area contributed by atoms with Crippen LogP contribution in [0.4, 0.5) is 19.0 Å². The number of hydrogen-bond acceptors (Lipinski definition) is 3.